The molecule has 0 aromatic carbocycles. The number of nitrogens with zero attached hydrogens (tertiary/aromatic N) is 1. The number of nitrogens with one attached hydrogen (secondary N) is 3. The van der Waals surface area contributed by atoms with Gasteiger partial charge in [0.15, 0.2) is 0 Å². The van der Waals surface area contributed by atoms with Crippen LogP contribution in [-0.4, -0.2) is 40.8 Å². The van der Waals surface area contributed by atoms with E-state index in [0.717, 1.165) is 12.8 Å². The summed E-state index contributed by atoms with van der Waals surface area (Å²) in [6.07, 6.45) is 5.11. The van der Waals surface area contributed by atoms with Gasteiger partial charge in [-0.25, -0.2) is 15.3 Å². The van der Waals surface area contributed by atoms with Crippen molar-refractivity contribution in [2.75, 3.05) is 0 Å². The Kier molecular flexibility index (Phi) is 10.6. The highest BCUT2D eigenvalue weighted by Crippen LogP contribution is 2.03. The third kappa shape index (κ3) is 11.6. The van der Waals surface area contributed by atoms with Gasteiger partial charge in [-0.3, -0.25) is 14.8 Å². The van der Waals surface area contributed by atoms with Crippen molar-refractivity contribution < 1.29 is 19.6 Å². The largest absolute Gasteiger partial charge is 0.334 e. The zero-order valence-electron chi connectivity index (χ0n) is 15.0. The van der Waals surface area contributed by atoms with Crippen molar-refractivity contribution in [1.29, 1.82) is 0 Å². The summed E-state index contributed by atoms with van der Waals surface area (Å²) in [5, 5.41) is 14.0. The van der Waals surface area contributed by atoms with Crippen molar-refractivity contribution in [3.8, 4) is 0 Å². The van der Waals surface area contributed by atoms with Crippen LogP contribution in [0.2, 0.25) is 0 Å². The molecule has 8 nitrogen and oxygen atoms in total. The van der Waals surface area contributed by atoms with Gasteiger partial charge >= 0.3 is 6.03 Å². The number of amides is 4. The van der Waals surface area contributed by atoms with E-state index in [-0.39, 0.29) is 5.91 Å². The zero-order chi connectivity index (χ0) is 18.6. The number of unbranched alkanes of at least 4 members (excludes halogenated alkanes) is 2. The van der Waals surface area contributed by atoms with Crippen molar-refractivity contribution >= 4 is 24.1 Å². The molecule has 0 radical (unpaired) electrons. The Morgan fingerprint density at radius 1 is 1.21 bits per heavy atom. The number of hydroxylamine groups is 1. The summed E-state index contributed by atoms with van der Waals surface area (Å²) in [5.74, 6) is -0.834. The molecule has 4 amide bonds. The van der Waals surface area contributed by atoms with Gasteiger partial charge in [-0.15, -0.1) is 0 Å². The van der Waals surface area contributed by atoms with E-state index in [2.05, 4.69) is 15.6 Å². The Labute approximate surface area is 143 Å². The minimum Gasteiger partial charge on any atom is -0.334 e. The Morgan fingerprint density at radius 3 is 2.42 bits per heavy atom. The second-order valence-electron chi connectivity index (χ2n) is 6.62. The van der Waals surface area contributed by atoms with Crippen LogP contribution in [0.5, 0.6) is 0 Å². The molecule has 0 saturated heterocycles. The Hall–Kier alpha value is -1.96. The molecule has 0 aromatic rings. The molecule has 0 bridgehead atoms. The highest BCUT2D eigenvalue weighted by atomic mass is 16.5. The van der Waals surface area contributed by atoms with E-state index in [4.69, 9.17) is 5.21 Å². The molecule has 0 aliphatic carbocycles. The van der Waals surface area contributed by atoms with E-state index in [9.17, 15) is 14.4 Å². The minimum absolute atomic E-state index is 0.149. The van der Waals surface area contributed by atoms with Gasteiger partial charge < -0.3 is 10.6 Å². The van der Waals surface area contributed by atoms with Gasteiger partial charge in [0.25, 0.3) is 5.91 Å². The van der Waals surface area contributed by atoms with Crippen molar-refractivity contribution in [2.24, 2.45) is 4.99 Å². The van der Waals surface area contributed by atoms with E-state index < -0.39 is 23.5 Å². The van der Waals surface area contributed by atoms with Gasteiger partial charge in [0.1, 0.15) is 6.04 Å². The van der Waals surface area contributed by atoms with Crippen LogP contribution in [0.4, 0.5) is 4.79 Å². The molecule has 138 valence electrons. The van der Waals surface area contributed by atoms with Crippen LogP contribution in [-0.2, 0) is 9.59 Å². The molecular formula is C16H30N4O4. The molecule has 0 heterocycles. The van der Waals surface area contributed by atoms with E-state index in [1.54, 1.807) is 5.48 Å². The van der Waals surface area contributed by atoms with Gasteiger partial charge in [0.2, 0.25) is 5.91 Å². The quantitative estimate of drug-likeness (QED) is 0.221. The molecule has 24 heavy (non-hydrogen) atoms. The summed E-state index contributed by atoms with van der Waals surface area (Å²) in [5.41, 5.74) is 1.11. The van der Waals surface area contributed by atoms with Crippen LogP contribution in [0.15, 0.2) is 4.99 Å². The first-order chi connectivity index (χ1) is 11.2. The highest BCUT2D eigenvalue weighted by Gasteiger charge is 2.22. The van der Waals surface area contributed by atoms with Crippen molar-refractivity contribution in [3.05, 3.63) is 0 Å². The average molecular weight is 342 g/mol. The highest BCUT2D eigenvalue weighted by molar-refractivity contribution is 5.86. The molecule has 0 saturated carbocycles. The zero-order valence-corrected chi connectivity index (χ0v) is 15.0. The van der Waals surface area contributed by atoms with Crippen LogP contribution < -0.4 is 16.1 Å². The van der Waals surface area contributed by atoms with Crippen molar-refractivity contribution in [3.63, 3.8) is 0 Å². The van der Waals surface area contributed by atoms with Gasteiger partial charge in [-0.1, -0.05) is 13.3 Å². The molecule has 0 rings (SSSR count). The summed E-state index contributed by atoms with van der Waals surface area (Å²) >= 11 is 0. The predicted molar refractivity (Wildman–Crippen MR) is 92.0 cm³/mol. The van der Waals surface area contributed by atoms with E-state index in [0.29, 0.717) is 25.7 Å². The summed E-state index contributed by atoms with van der Waals surface area (Å²) < 4.78 is 0. The molecule has 1 atom stereocenters. The summed E-state index contributed by atoms with van der Waals surface area (Å²) in [6.45, 7) is 7.46. The van der Waals surface area contributed by atoms with Crippen molar-refractivity contribution in [1.82, 2.24) is 16.1 Å². The number of urea groups is 1. The topological polar surface area (TPSA) is 120 Å². The molecule has 8 heteroatoms. The fraction of sp³-hybridized carbons (Fsp3) is 0.750. The van der Waals surface area contributed by atoms with Crippen LogP contribution in [0.1, 0.15) is 66.2 Å². The monoisotopic (exact) mass is 342 g/mol. The Balaban J connectivity index is 4.30. The van der Waals surface area contributed by atoms with E-state index in [1.165, 1.54) is 6.21 Å². The fourth-order valence-corrected chi connectivity index (χ4v) is 1.85. The maximum absolute atomic E-state index is 11.8. The first-order valence-electron chi connectivity index (χ1n) is 8.27. The van der Waals surface area contributed by atoms with Crippen LogP contribution in [0.25, 0.3) is 0 Å². The minimum atomic E-state index is -0.860. The maximum Gasteiger partial charge on any atom is 0.315 e. The van der Waals surface area contributed by atoms with Crippen LogP contribution in [0, 0.1) is 0 Å². The van der Waals surface area contributed by atoms with Gasteiger partial charge in [-0.2, -0.15) is 0 Å². The second kappa shape index (κ2) is 11.6. The number of carbonyl (C=O) groups is 3. The average Bonchev–Trinajstić information content (AvgIpc) is 2.48. The number of carbonyl (C=O) groups excluding carboxylic acids is 3. The molecule has 4 N–H and O–H groups in total. The molecule has 0 spiro atoms. The predicted octanol–water partition coefficient (Wildman–Crippen LogP) is 1.92. The smallest absolute Gasteiger partial charge is 0.315 e. The first kappa shape index (κ1) is 22.0. The number of aliphatic imine (C=N–C) groups is 1. The molecule has 0 unspecified atom stereocenters. The third-order valence-corrected chi connectivity index (χ3v) is 3.03. The molecule has 0 aromatic heterocycles. The lowest BCUT2D eigenvalue weighted by molar-refractivity contribution is -0.131. The SMILES string of the molecule is CCCCC(=O)N=CCCC[C@H](NC(=O)NC(C)(C)C)C(=O)NO. The van der Waals surface area contributed by atoms with E-state index in [1.807, 2.05) is 27.7 Å². The van der Waals surface area contributed by atoms with E-state index >= 15 is 0 Å². The lowest BCUT2D eigenvalue weighted by Gasteiger charge is -2.23. The van der Waals surface area contributed by atoms with Gasteiger partial charge in [0, 0.05) is 18.2 Å². The lowest BCUT2D eigenvalue weighted by Crippen LogP contribution is -2.53. The molecule has 0 aliphatic rings. The lowest BCUT2D eigenvalue weighted by atomic mass is 10.1. The van der Waals surface area contributed by atoms with Crippen LogP contribution in [0.3, 0.4) is 0 Å². The van der Waals surface area contributed by atoms with Crippen LogP contribution >= 0.6 is 0 Å². The molecule has 0 aliphatic heterocycles. The fourth-order valence-electron chi connectivity index (χ4n) is 1.85. The number of rotatable bonds is 9. The second-order valence-corrected chi connectivity index (χ2v) is 6.62. The Bertz CT molecular complexity index is 444. The van der Waals surface area contributed by atoms with Gasteiger partial charge in [-0.05, 0) is 46.5 Å². The summed E-state index contributed by atoms with van der Waals surface area (Å²) in [4.78, 5) is 38.6. The standard InChI is InChI=1S/C16H30N4O4/c1-5-6-10-13(21)17-11-8-7-9-12(14(22)20-24)18-15(23)19-16(2,3)4/h11-12,24H,5-10H2,1-4H3,(H,20,22)(H2,18,19,23)/t12-/m0/s1. The van der Waals surface area contributed by atoms with Gasteiger partial charge in [0.05, 0.1) is 0 Å². The summed E-state index contributed by atoms with van der Waals surface area (Å²) in [7, 11) is 0. The first-order valence-corrected chi connectivity index (χ1v) is 8.27. The molecule has 0 fully saturated rings. The number of hydrogen-bond donors (Lipinski definition) is 4. The normalized spacial score (nSPS) is 12.7. The maximum atomic E-state index is 11.8. The van der Waals surface area contributed by atoms with Crippen molar-refractivity contribution in [2.45, 2.75) is 77.8 Å². The number of hydrogen-bond acceptors (Lipinski definition) is 4. The summed E-state index contributed by atoms with van der Waals surface area (Å²) in [6, 6.07) is -1.35. The Morgan fingerprint density at radius 2 is 1.88 bits per heavy atom. The third-order valence-electron chi connectivity index (χ3n) is 3.03. The molecular weight excluding hydrogens is 312 g/mol.